The quantitative estimate of drug-likeness (QED) is 0.744. The first-order valence-corrected chi connectivity index (χ1v) is 9.22. The minimum Gasteiger partial charge on any atom is -0.495 e. The van der Waals surface area contributed by atoms with E-state index in [0.717, 1.165) is 23.5 Å². The first-order chi connectivity index (χ1) is 13.6. The molecule has 0 spiro atoms. The Morgan fingerprint density at radius 3 is 2.75 bits per heavy atom. The molecule has 4 rings (SSSR count). The highest BCUT2D eigenvalue weighted by Gasteiger charge is 2.28. The summed E-state index contributed by atoms with van der Waals surface area (Å²) < 4.78 is 5.31. The molecule has 1 unspecified atom stereocenters. The van der Waals surface area contributed by atoms with Crippen LogP contribution in [0.1, 0.15) is 28.5 Å². The highest BCUT2D eigenvalue weighted by molar-refractivity contribution is 6.03. The Hall–Kier alpha value is -3.41. The number of hydrogen-bond donors (Lipinski definition) is 1. The minimum atomic E-state index is -0.321. The van der Waals surface area contributed by atoms with Gasteiger partial charge in [-0.2, -0.15) is 0 Å². The van der Waals surface area contributed by atoms with Crippen molar-refractivity contribution < 1.29 is 9.53 Å². The van der Waals surface area contributed by atoms with Crippen molar-refractivity contribution in [3.63, 3.8) is 0 Å². The molecule has 142 valence electrons. The zero-order valence-corrected chi connectivity index (χ0v) is 16.1. The van der Waals surface area contributed by atoms with Gasteiger partial charge in [0.15, 0.2) is 5.82 Å². The van der Waals surface area contributed by atoms with Gasteiger partial charge in [0.2, 0.25) is 0 Å². The number of ether oxygens (including phenoxy) is 1. The van der Waals surface area contributed by atoms with Gasteiger partial charge in [0.05, 0.1) is 25.2 Å². The average Bonchev–Trinajstić information content (AvgIpc) is 3.04. The summed E-state index contributed by atoms with van der Waals surface area (Å²) in [6, 6.07) is 14.2. The Kier molecular flexibility index (Phi) is 4.69. The van der Waals surface area contributed by atoms with Crippen LogP contribution in [-0.4, -0.2) is 29.0 Å². The Labute approximate surface area is 164 Å². The van der Waals surface area contributed by atoms with Crippen molar-refractivity contribution in [2.45, 2.75) is 26.3 Å². The summed E-state index contributed by atoms with van der Waals surface area (Å²) in [4.78, 5) is 23.6. The number of benzene rings is 2. The largest absolute Gasteiger partial charge is 0.495 e. The van der Waals surface area contributed by atoms with Crippen molar-refractivity contribution >= 4 is 23.1 Å². The van der Waals surface area contributed by atoms with E-state index in [2.05, 4.69) is 39.2 Å². The lowest BCUT2D eigenvalue weighted by Crippen LogP contribution is -2.25. The van der Waals surface area contributed by atoms with Crippen LogP contribution in [0, 0.1) is 6.92 Å². The van der Waals surface area contributed by atoms with Gasteiger partial charge >= 0.3 is 0 Å². The van der Waals surface area contributed by atoms with Gasteiger partial charge < -0.3 is 15.0 Å². The maximum absolute atomic E-state index is 12.6. The van der Waals surface area contributed by atoms with Crippen LogP contribution in [-0.2, 0) is 6.42 Å². The number of carbonyl (C=O) groups excluding carboxylic acids is 1. The molecule has 2 aromatic carbocycles. The monoisotopic (exact) mass is 374 g/mol. The van der Waals surface area contributed by atoms with Gasteiger partial charge in [0, 0.05) is 11.7 Å². The molecule has 2 heterocycles. The highest BCUT2D eigenvalue weighted by atomic mass is 16.5. The molecule has 3 aromatic rings. The van der Waals surface area contributed by atoms with Crippen LogP contribution in [0.15, 0.2) is 54.9 Å². The van der Waals surface area contributed by atoms with Gasteiger partial charge in [-0.1, -0.05) is 24.3 Å². The second kappa shape index (κ2) is 7.31. The Bertz CT molecular complexity index is 1020. The molecule has 1 aromatic heterocycles. The van der Waals surface area contributed by atoms with E-state index in [9.17, 15) is 4.79 Å². The van der Waals surface area contributed by atoms with Gasteiger partial charge in [-0.3, -0.25) is 4.79 Å². The second-order valence-electron chi connectivity index (χ2n) is 6.97. The number of anilines is 3. The van der Waals surface area contributed by atoms with E-state index in [1.165, 1.54) is 11.8 Å². The van der Waals surface area contributed by atoms with E-state index < -0.39 is 0 Å². The third-order valence-electron chi connectivity index (χ3n) is 4.93. The van der Waals surface area contributed by atoms with E-state index in [4.69, 9.17) is 4.74 Å². The summed E-state index contributed by atoms with van der Waals surface area (Å²) in [6.07, 6.45) is 4.13. The number of fused-ring (bicyclic) bond motifs is 1. The fraction of sp³-hybridized carbons (Fsp3) is 0.227. The van der Waals surface area contributed by atoms with Crippen molar-refractivity contribution in [1.82, 2.24) is 9.97 Å². The van der Waals surface area contributed by atoms with Crippen LogP contribution in [0.4, 0.5) is 17.2 Å². The summed E-state index contributed by atoms with van der Waals surface area (Å²) in [5.41, 5.74) is 4.34. The van der Waals surface area contributed by atoms with Gasteiger partial charge in [-0.05, 0) is 49.6 Å². The lowest BCUT2D eigenvalue weighted by atomic mass is 10.1. The zero-order valence-electron chi connectivity index (χ0n) is 16.1. The maximum Gasteiger partial charge on any atom is 0.275 e. The molecular formula is C22H22N4O2. The first kappa shape index (κ1) is 18.0. The Morgan fingerprint density at radius 2 is 2.00 bits per heavy atom. The number of methoxy groups -OCH3 is 1. The van der Waals surface area contributed by atoms with Crippen LogP contribution in [0.25, 0.3) is 0 Å². The number of rotatable bonds is 4. The van der Waals surface area contributed by atoms with E-state index >= 15 is 0 Å². The van der Waals surface area contributed by atoms with Crippen molar-refractivity contribution in [3.05, 3.63) is 71.7 Å². The van der Waals surface area contributed by atoms with Crippen molar-refractivity contribution in [1.29, 1.82) is 0 Å². The second-order valence-corrected chi connectivity index (χ2v) is 6.97. The van der Waals surface area contributed by atoms with Crippen LogP contribution in [0.3, 0.4) is 0 Å². The summed E-state index contributed by atoms with van der Waals surface area (Å²) in [7, 11) is 1.57. The molecule has 1 aliphatic heterocycles. The van der Waals surface area contributed by atoms with Gasteiger partial charge in [-0.25, -0.2) is 9.97 Å². The molecule has 1 N–H and O–H groups in total. The molecule has 0 fully saturated rings. The van der Waals surface area contributed by atoms with Crippen molar-refractivity contribution in [2.75, 3.05) is 17.3 Å². The number of hydrogen-bond acceptors (Lipinski definition) is 5. The van der Waals surface area contributed by atoms with Gasteiger partial charge in [0.1, 0.15) is 11.4 Å². The molecule has 0 bridgehead atoms. The van der Waals surface area contributed by atoms with Crippen molar-refractivity contribution in [2.24, 2.45) is 0 Å². The fourth-order valence-corrected chi connectivity index (χ4v) is 3.58. The predicted molar refractivity (Wildman–Crippen MR) is 109 cm³/mol. The van der Waals surface area contributed by atoms with Crippen LogP contribution < -0.4 is 15.0 Å². The predicted octanol–water partition coefficient (Wildman–Crippen LogP) is 4.13. The Balaban J connectivity index is 1.56. The zero-order chi connectivity index (χ0) is 19.7. The number of amides is 1. The Morgan fingerprint density at radius 1 is 1.18 bits per heavy atom. The summed E-state index contributed by atoms with van der Waals surface area (Å²) in [5.74, 6) is 1.02. The molecule has 1 aliphatic rings. The molecule has 0 radical (unpaired) electrons. The SMILES string of the molecule is COc1ccc(C)cc1NC(=O)c1cnc(N2c3ccccc3CC2C)cn1. The van der Waals surface area contributed by atoms with Crippen LogP contribution >= 0.6 is 0 Å². The van der Waals surface area contributed by atoms with Crippen LogP contribution in [0.5, 0.6) is 5.75 Å². The molecule has 6 heteroatoms. The molecular weight excluding hydrogens is 352 g/mol. The molecule has 0 saturated carbocycles. The van der Waals surface area contributed by atoms with E-state index in [0.29, 0.717) is 17.5 Å². The number of nitrogens with one attached hydrogen (secondary N) is 1. The number of para-hydroxylation sites is 1. The summed E-state index contributed by atoms with van der Waals surface area (Å²) >= 11 is 0. The van der Waals surface area contributed by atoms with Gasteiger partial charge in [0.25, 0.3) is 5.91 Å². The number of aryl methyl sites for hydroxylation is 1. The average molecular weight is 374 g/mol. The molecule has 1 atom stereocenters. The number of nitrogens with zero attached hydrogens (tertiary/aromatic N) is 3. The number of carbonyl (C=O) groups is 1. The minimum absolute atomic E-state index is 0.257. The molecule has 0 aliphatic carbocycles. The van der Waals surface area contributed by atoms with E-state index in [1.807, 2.05) is 37.3 Å². The summed E-state index contributed by atoms with van der Waals surface area (Å²) in [5, 5.41) is 2.85. The number of aromatic nitrogens is 2. The smallest absolute Gasteiger partial charge is 0.275 e. The standard InChI is InChI=1S/C22H22N4O2/c1-14-8-9-20(28-3)17(10-14)25-22(27)18-12-24-21(13-23-18)26-15(2)11-16-6-4-5-7-19(16)26/h4-10,12-13,15H,11H2,1-3H3,(H,25,27). The van der Waals surface area contributed by atoms with Crippen LogP contribution in [0.2, 0.25) is 0 Å². The third kappa shape index (κ3) is 3.29. The molecule has 0 saturated heterocycles. The molecule has 6 nitrogen and oxygen atoms in total. The van der Waals surface area contributed by atoms with Crippen molar-refractivity contribution in [3.8, 4) is 5.75 Å². The lowest BCUT2D eigenvalue weighted by Gasteiger charge is -2.23. The lowest BCUT2D eigenvalue weighted by molar-refractivity contribution is 0.102. The molecule has 28 heavy (non-hydrogen) atoms. The van der Waals surface area contributed by atoms with Gasteiger partial charge in [-0.15, -0.1) is 0 Å². The summed E-state index contributed by atoms with van der Waals surface area (Å²) in [6.45, 7) is 4.12. The first-order valence-electron chi connectivity index (χ1n) is 9.22. The normalized spacial score (nSPS) is 15.2. The molecule has 1 amide bonds. The fourth-order valence-electron chi connectivity index (χ4n) is 3.58. The third-order valence-corrected chi connectivity index (χ3v) is 4.93. The topological polar surface area (TPSA) is 67.3 Å². The van der Waals surface area contributed by atoms with E-state index in [1.54, 1.807) is 13.3 Å². The highest BCUT2D eigenvalue weighted by Crippen LogP contribution is 2.36. The maximum atomic E-state index is 12.6. The van der Waals surface area contributed by atoms with E-state index in [-0.39, 0.29) is 11.6 Å².